The van der Waals surface area contributed by atoms with E-state index in [4.69, 9.17) is 20.9 Å². The van der Waals surface area contributed by atoms with Crippen molar-refractivity contribution in [1.29, 1.82) is 15.8 Å². The molecule has 1 aromatic rings. The number of alkyl halides is 3. The van der Waals surface area contributed by atoms with E-state index in [1.165, 1.54) is 18.2 Å². The van der Waals surface area contributed by atoms with Gasteiger partial charge in [0.1, 0.15) is 28.7 Å². The van der Waals surface area contributed by atoms with Crippen molar-refractivity contribution < 1.29 is 23.1 Å². The van der Waals surface area contributed by atoms with Crippen molar-refractivity contribution in [2.75, 3.05) is 0 Å². The Morgan fingerprint density at radius 3 is 2.20 bits per heavy atom. The molecule has 0 aliphatic rings. The molecule has 0 bridgehead atoms. The van der Waals surface area contributed by atoms with Crippen LogP contribution in [0.3, 0.4) is 0 Å². The molecule has 0 aliphatic heterocycles. The van der Waals surface area contributed by atoms with E-state index in [1.807, 2.05) is 0 Å². The van der Waals surface area contributed by atoms with Crippen LogP contribution in [-0.4, -0.2) is 11.1 Å². The lowest BCUT2D eigenvalue weighted by Gasteiger charge is -2.06. The molecule has 0 amide bonds. The number of carbonyl (C=O) groups is 1. The largest absolute Gasteiger partial charge is 0.477 e. The van der Waals surface area contributed by atoms with Gasteiger partial charge in [-0.05, 0) is 6.08 Å². The first-order valence-corrected chi connectivity index (χ1v) is 5.47. The minimum Gasteiger partial charge on any atom is -0.477 e. The summed E-state index contributed by atoms with van der Waals surface area (Å²) in [5, 5.41) is 34.6. The highest BCUT2D eigenvalue weighted by Crippen LogP contribution is 2.41. The van der Waals surface area contributed by atoms with Gasteiger partial charge in [-0.1, -0.05) is 0 Å². The maximum Gasteiger partial charge on any atom is 0.419 e. The zero-order chi connectivity index (χ0) is 15.5. The van der Waals surface area contributed by atoms with Gasteiger partial charge in [-0.25, -0.2) is 4.79 Å². The molecule has 1 aromatic heterocycles. The molecule has 5 nitrogen and oxygen atoms in total. The SMILES string of the molecule is N#C/C(=C\c1sc(C#N)c(C#N)c1C(F)(F)F)C(=O)O. The van der Waals surface area contributed by atoms with E-state index in [-0.39, 0.29) is 0 Å². The fourth-order valence-corrected chi connectivity index (χ4v) is 2.30. The lowest BCUT2D eigenvalue weighted by atomic mass is 10.1. The average Bonchev–Trinajstić information content (AvgIpc) is 2.72. The van der Waals surface area contributed by atoms with Crippen molar-refractivity contribution in [3.8, 4) is 18.2 Å². The molecule has 0 unspecified atom stereocenters. The van der Waals surface area contributed by atoms with E-state index >= 15 is 0 Å². The summed E-state index contributed by atoms with van der Waals surface area (Å²) in [7, 11) is 0. The summed E-state index contributed by atoms with van der Waals surface area (Å²) < 4.78 is 38.7. The van der Waals surface area contributed by atoms with Gasteiger partial charge in [-0.3, -0.25) is 0 Å². The lowest BCUT2D eigenvalue weighted by Crippen LogP contribution is -2.08. The molecular formula is C11H2F3N3O2S. The Morgan fingerprint density at radius 1 is 1.25 bits per heavy atom. The molecule has 1 rings (SSSR count). The molecule has 100 valence electrons. The molecule has 0 aliphatic carbocycles. The predicted octanol–water partition coefficient (Wildman–Crippen LogP) is 2.50. The zero-order valence-corrected chi connectivity index (χ0v) is 10.1. The van der Waals surface area contributed by atoms with Crippen LogP contribution in [0.2, 0.25) is 0 Å². The smallest absolute Gasteiger partial charge is 0.419 e. The van der Waals surface area contributed by atoms with Crippen molar-refractivity contribution in [2.45, 2.75) is 6.18 Å². The molecular weight excluding hydrogens is 295 g/mol. The first-order chi connectivity index (χ1) is 9.26. The quantitative estimate of drug-likeness (QED) is 0.666. The van der Waals surface area contributed by atoms with Gasteiger partial charge in [0.2, 0.25) is 0 Å². The molecule has 0 atom stereocenters. The summed E-state index contributed by atoms with van der Waals surface area (Å²) in [5.41, 5.74) is -3.21. The van der Waals surface area contributed by atoms with Crippen molar-refractivity contribution in [3.05, 3.63) is 26.5 Å². The molecule has 0 aromatic carbocycles. The predicted molar refractivity (Wildman–Crippen MR) is 60.0 cm³/mol. The average molecular weight is 297 g/mol. The number of nitrogens with zero attached hydrogens (tertiary/aromatic N) is 3. The van der Waals surface area contributed by atoms with Gasteiger partial charge in [0.15, 0.2) is 0 Å². The minimum absolute atomic E-state index is 0.304. The van der Waals surface area contributed by atoms with Crippen LogP contribution in [0.4, 0.5) is 13.2 Å². The van der Waals surface area contributed by atoms with Gasteiger partial charge in [0.25, 0.3) is 0 Å². The number of carboxylic acids is 1. The van der Waals surface area contributed by atoms with Crippen LogP contribution in [0.1, 0.15) is 20.9 Å². The lowest BCUT2D eigenvalue weighted by molar-refractivity contribution is -0.137. The van der Waals surface area contributed by atoms with Crippen LogP contribution < -0.4 is 0 Å². The maximum atomic E-state index is 12.9. The second-order valence-electron chi connectivity index (χ2n) is 3.24. The molecule has 0 fully saturated rings. The topological polar surface area (TPSA) is 109 Å². The number of thiophene rings is 1. The van der Waals surface area contributed by atoms with Crippen LogP contribution in [0.25, 0.3) is 6.08 Å². The highest BCUT2D eigenvalue weighted by atomic mass is 32.1. The molecule has 9 heteroatoms. The van der Waals surface area contributed by atoms with E-state index in [9.17, 15) is 18.0 Å². The van der Waals surface area contributed by atoms with E-state index in [2.05, 4.69) is 0 Å². The fraction of sp³-hybridized carbons (Fsp3) is 0.0909. The maximum absolute atomic E-state index is 12.9. The molecule has 0 spiro atoms. The zero-order valence-electron chi connectivity index (χ0n) is 9.32. The van der Waals surface area contributed by atoms with E-state index < -0.39 is 38.6 Å². The Hall–Kier alpha value is -2.83. The van der Waals surface area contributed by atoms with Crippen molar-refractivity contribution in [1.82, 2.24) is 0 Å². The third kappa shape index (κ3) is 2.77. The monoisotopic (exact) mass is 297 g/mol. The van der Waals surface area contributed by atoms with Crippen LogP contribution in [0.5, 0.6) is 0 Å². The standard InChI is InChI=1S/C11H2F3N3O2S/c12-11(13,14)9-6(3-16)8(4-17)20-7(9)1-5(2-15)10(18)19/h1H,(H,18,19)/b5-1+. The number of halogens is 3. The Labute approximate surface area is 114 Å². The van der Waals surface area contributed by atoms with Crippen LogP contribution in [-0.2, 0) is 11.0 Å². The number of rotatable bonds is 2. The number of nitriles is 3. The van der Waals surface area contributed by atoms with Crippen molar-refractivity contribution >= 4 is 23.4 Å². The number of hydrogen-bond donors (Lipinski definition) is 1. The van der Waals surface area contributed by atoms with Crippen LogP contribution in [0.15, 0.2) is 5.57 Å². The first kappa shape index (κ1) is 15.2. The van der Waals surface area contributed by atoms with Gasteiger partial charge >= 0.3 is 12.1 Å². The minimum atomic E-state index is -4.94. The Balaban J connectivity index is 3.71. The third-order valence-corrected chi connectivity index (χ3v) is 3.10. The normalized spacial score (nSPS) is 11.3. The van der Waals surface area contributed by atoms with Gasteiger partial charge in [0, 0.05) is 4.88 Å². The van der Waals surface area contributed by atoms with Gasteiger partial charge < -0.3 is 5.11 Å². The van der Waals surface area contributed by atoms with Gasteiger partial charge in [0.05, 0.1) is 11.1 Å². The van der Waals surface area contributed by atoms with E-state index in [1.54, 1.807) is 0 Å². The van der Waals surface area contributed by atoms with E-state index in [0.29, 0.717) is 17.4 Å². The summed E-state index contributed by atoms with van der Waals surface area (Å²) in [5.74, 6) is -1.70. The highest BCUT2D eigenvalue weighted by molar-refractivity contribution is 7.13. The summed E-state index contributed by atoms with van der Waals surface area (Å²) >= 11 is 0.304. The second kappa shape index (κ2) is 5.43. The summed E-state index contributed by atoms with van der Waals surface area (Å²) in [6.45, 7) is 0. The number of hydrogen-bond acceptors (Lipinski definition) is 5. The Morgan fingerprint density at radius 2 is 1.85 bits per heavy atom. The van der Waals surface area contributed by atoms with Gasteiger partial charge in [-0.15, -0.1) is 11.3 Å². The summed E-state index contributed by atoms with van der Waals surface area (Å²) in [6, 6.07) is 3.94. The van der Waals surface area contributed by atoms with Crippen molar-refractivity contribution in [2.24, 2.45) is 0 Å². The van der Waals surface area contributed by atoms with Crippen LogP contribution >= 0.6 is 11.3 Å². The number of carboxylic acid groups (broad SMARTS) is 1. The highest BCUT2D eigenvalue weighted by Gasteiger charge is 2.39. The molecule has 1 heterocycles. The third-order valence-electron chi connectivity index (χ3n) is 2.06. The summed E-state index contributed by atoms with van der Waals surface area (Å²) in [6.07, 6.45) is -4.45. The Bertz CT molecular complexity index is 726. The number of aliphatic carboxylic acids is 1. The molecule has 20 heavy (non-hydrogen) atoms. The molecule has 1 N–H and O–H groups in total. The fourth-order valence-electron chi connectivity index (χ4n) is 1.29. The molecule has 0 saturated heterocycles. The van der Waals surface area contributed by atoms with E-state index in [0.717, 1.165) is 0 Å². The van der Waals surface area contributed by atoms with Crippen molar-refractivity contribution in [3.63, 3.8) is 0 Å². The molecule has 0 radical (unpaired) electrons. The van der Waals surface area contributed by atoms with Gasteiger partial charge in [-0.2, -0.15) is 29.0 Å². The Kier molecular flexibility index (Phi) is 4.14. The molecule has 0 saturated carbocycles. The van der Waals surface area contributed by atoms with Crippen LogP contribution in [0, 0.1) is 34.0 Å². The first-order valence-electron chi connectivity index (χ1n) is 4.65. The summed E-state index contributed by atoms with van der Waals surface area (Å²) in [4.78, 5) is 9.47. The second-order valence-corrected chi connectivity index (χ2v) is 4.29.